The Morgan fingerprint density at radius 3 is 2.13 bits per heavy atom. The summed E-state index contributed by atoms with van der Waals surface area (Å²) in [7, 11) is 0. The van der Waals surface area contributed by atoms with Gasteiger partial charge in [-0.25, -0.2) is 4.79 Å². The highest BCUT2D eigenvalue weighted by atomic mass is 32.1. The Kier molecular flexibility index (Phi) is 6.75. The molecule has 4 nitrogen and oxygen atoms in total. The van der Waals surface area contributed by atoms with Crippen molar-refractivity contribution in [2.75, 3.05) is 6.61 Å². The minimum Gasteiger partial charge on any atom is -0.448 e. The van der Waals surface area contributed by atoms with Gasteiger partial charge in [-0.1, -0.05) is 98.0 Å². The minimum absolute atomic E-state index is 0.0323. The zero-order chi connectivity index (χ0) is 21.6. The van der Waals surface area contributed by atoms with Gasteiger partial charge < -0.3 is 10.1 Å². The van der Waals surface area contributed by atoms with Crippen LogP contribution in [0.15, 0.2) is 78.9 Å². The molecule has 0 fully saturated rings. The number of alkyl carbamates (subject to hydrolysis) is 1. The van der Waals surface area contributed by atoms with E-state index >= 15 is 0 Å². The van der Waals surface area contributed by atoms with E-state index in [4.69, 9.17) is 17.0 Å². The molecule has 2 N–H and O–H groups in total. The fourth-order valence-corrected chi connectivity index (χ4v) is 4.41. The van der Waals surface area contributed by atoms with Crippen molar-refractivity contribution in [3.8, 4) is 11.1 Å². The average Bonchev–Trinajstić information content (AvgIpc) is 3.12. The molecular formula is C26H26N2O2S. The third-order valence-corrected chi connectivity index (χ3v) is 6.08. The van der Waals surface area contributed by atoms with Gasteiger partial charge in [0.25, 0.3) is 0 Å². The molecule has 0 spiro atoms. The molecule has 0 saturated carbocycles. The summed E-state index contributed by atoms with van der Waals surface area (Å²) in [6, 6.07) is 26.6. The van der Waals surface area contributed by atoms with E-state index in [0.29, 0.717) is 11.5 Å². The highest BCUT2D eigenvalue weighted by Crippen LogP contribution is 2.44. The summed E-state index contributed by atoms with van der Waals surface area (Å²) >= 11 is 5.47. The molecule has 31 heavy (non-hydrogen) atoms. The van der Waals surface area contributed by atoms with E-state index in [1.165, 1.54) is 27.8 Å². The van der Waals surface area contributed by atoms with Crippen LogP contribution in [-0.2, 0) is 11.3 Å². The maximum absolute atomic E-state index is 12.5. The first-order chi connectivity index (χ1) is 15.2. The Morgan fingerprint density at radius 2 is 1.52 bits per heavy atom. The Hall–Kier alpha value is -3.02. The molecule has 0 radical (unpaired) electrons. The number of nitrogens with one attached hydrogen (secondary N) is 2. The predicted octanol–water partition coefficient (Wildman–Crippen LogP) is 5.42. The number of ether oxygens (including phenoxy) is 1. The van der Waals surface area contributed by atoms with Crippen LogP contribution in [0.4, 0.5) is 4.79 Å². The van der Waals surface area contributed by atoms with Gasteiger partial charge in [0, 0.05) is 12.5 Å². The van der Waals surface area contributed by atoms with Crippen molar-refractivity contribution in [3.05, 3.63) is 95.6 Å². The second-order valence-corrected chi connectivity index (χ2v) is 8.08. The highest BCUT2D eigenvalue weighted by molar-refractivity contribution is 7.80. The molecule has 0 aliphatic heterocycles. The lowest BCUT2D eigenvalue weighted by atomic mass is 9.98. The Balaban J connectivity index is 1.34. The van der Waals surface area contributed by atoms with Crippen molar-refractivity contribution in [2.45, 2.75) is 31.8 Å². The second-order valence-electron chi connectivity index (χ2n) is 7.64. The molecule has 0 saturated heterocycles. The van der Waals surface area contributed by atoms with E-state index in [2.05, 4.69) is 47.0 Å². The number of amides is 1. The maximum atomic E-state index is 12.5. The van der Waals surface area contributed by atoms with Gasteiger partial charge in [-0.15, -0.1) is 0 Å². The number of hydrogen-bond acceptors (Lipinski definition) is 4. The first kappa shape index (κ1) is 21.2. The van der Waals surface area contributed by atoms with E-state index < -0.39 is 6.09 Å². The lowest BCUT2D eigenvalue weighted by Gasteiger charge is -2.20. The van der Waals surface area contributed by atoms with Crippen molar-refractivity contribution >= 4 is 23.3 Å². The molecule has 1 amide bonds. The van der Waals surface area contributed by atoms with Gasteiger partial charge in [0.2, 0.25) is 0 Å². The fraction of sp³-hybridized carbons (Fsp3) is 0.231. The molecule has 0 heterocycles. The number of benzene rings is 3. The number of rotatable bonds is 7. The maximum Gasteiger partial charge on any atom is 0.412 e. The minimum atomic E-state index is -0.508. The summed E-state index contributed by atoms with van der Waals surface area (Å²) in [5, 5.41) is 6.15. The van der Waals surface area contributed by atoms with Gasteiger partial charge in [-0.05, 0) is 34.2 Å². The van der Waals surface area contributed by atoms with Crippen LogP contribution in [0.5, 0.6) is 0 Å². The molecule has 0 aromatic heterocycles. The Morgan fingerprint density at radius 1 is 0.935 bits per heavy atom. The summed E-state index contributed by atoms with van der Waals surface area (Å²) in [6.07, 6.45) is 0.266. The molecule has 158 valence electrons. The largest absolute Gasteiger partial charge is 0.448 e. The van der Waals surface area contributed by atoms with Gasteiger partial charge >= 0.3 is 6.09 Å². The summed E-state index contributed by atoms with van der Waals surface area (Å²) in [6.45, 7) is 3.00. The van der Waals surface area contributed by atoms with Gasteiger partial charge in [-0.3, -0.25) is 5.32 Å². The number of carbonyl (C=O) groups is 1. The average molecular weight is 431 g/mol. The lowest BCUT2D eigenvalue weighted by Crippen LogP contribution is -2.44. The number of thiocarbonyl (C=S) groups is 1. The topological polar surface area (TPSA) is 50.4 Å². The monoisotopic (exact) mass is 430 g/mol. The smallest absolute Gasteiger partial charge is 0.412 e. The summed E-state index contributed by atoms with van der Waals surface area (Å²) in [5.41, 5.74) is 5.97. The summed E-state index contributed by atoms with van der Waals surface area (Å²) < 4.78 is 5.60. The van der Waals surface area contributed by atoms with Crippen LogP contribution in [0, 0.1) is 0 Å². The van der Waals surface area contributed by atoms with Crippen molar-refractivity contribution in [1.82, 2.24) is 10.6 Å². The third-order valence-electron chi connectivity index (χ3n) is 5.69. The van der Waals surface area contributed by atoms with Gasteiger partial charge in [0.1, 0.15) is 11.6 Å². The molecule has 1 unspecified atom stereocenters. The van der Waals surface area contributed by atoms with E-state index in [0.717, 1.165) is 6.42 Å². The van der Waals surface area contributed by atoms with Crippen molar-refractivity contribution in [1.29, 1.82) is 0 Å². The normalized spacial score (nSPS) is 13.2. The van der Waals surface area contributed by atoms with Crippen LogP contribution >= 0.6 is 12.2 Å². The van der Waals surface area contributed by atoms with E-state index in [1.54, 1.807) is 0 Å². The van der Waals surface area contributed by atoms with E-state index in [1.807, 2.05) is 49.4 Å². The summed E-state index contributed by atoms with van der Waals surface area (Å²) in [5.74, 6) is 0.0323. The van der Waals surface area contributed by atoms with Gasteiger partial charge in [-0.2, -0.15) is 0 Å². The predicted molar refractivity (Wildman–Crippen MR) is 128 cm³/mol. The first-order valence-corrected chi connectivity index (χ1v) is 11.0. The van der Waals surface area contributed by atoms with Gasteiger partial charge in [0.05, 0.1) is 6.04 Å². The molecule has 3 aromatic carbocycles. The molecule has 1 aliphatic carbocycles. The van der Waals surface area contributed by atoms with Crippen LogP contribution in [0.2, 0.25) is 0 Å². The van der Waals surface area contributed by atoms with Crippen LogP contribution in [0.25, 0.3) is 11.1 Å². The molecule has 1 atom stereocenters. The zero-order valence-corrected chi connectivity index (χ0v) is 18.3. The molecule has 3 aromatic rings. The van der Waals surface area contributed by atoms with Crippen molar-refractivity contribution in [2.24, 2.45) is 0 Å². The van der Waals surface area contributed by atoms with Crippen molar-refractivity contribution in [3.63, 3.8) is 0 Å². The van der Waals surface area contributed by atoms with Gasteiger partial charge in [0.15, 0.2) is 0 Å². The Bertz CT molecular complexity index is 1020. The molecule has 4 rings (SSSR count). The van der Waals surface area contributed by atoms with E-state index in [-0.39, 0.29) is 18.6 Å². The van der Waals surface area contributed by atoms with E-state index in [9.17, 15) is 4.79 Å². The van der Waals surface area contributed by atoms with Crippen LogP contribution in [0.1, 0.15) is 36.0 Å². The molecular weight excluding hydrogens is 404 g/mol. The van der Waals surface area contributed by atoms with Crippen LogP contribution < -0.4 is 10.6 Å². The fourth-order valence-electron chi connectivity index (χ4n) is 4.08. The molecule has 0 bridgehead atoms. The zero-order valence-electron chi connectivity index (χ0n) is 17.5. The number of hydrogen-bond donors (Lipinski definition) is 2. The Labute approximate surface area is 188 Å². The molecule has 1 aliphatic rings. The highest BCUT2D eigenvalue weighted by Gasteiger charge is 2.29. The van der Waals surface area contributed by atoms with Crippen LogP contribution in [-0.4, -0.2) is 23.7 Å². The number of fused-ring (bicyclic) bond motifs is 3. The standard InChI is InChI=1S/C26H26N2O2S/c1-2-24(27-16-18-10-4-3-5-11-18)25(31)28-26(29)30-17-23-21-14-8-6-12-19(21)20-13-7-9-15-22(20)23/h3-15,23-24,27H,2,16-17H2,1H3,(H,28,29,31). The van der Waals surface area contributed by atoms with Crippen molar-refractivity contribution < 1.29 is 9.53 Å². The SMILES string of the molecule is CCC(NCc1ccccc1)C(=S)NC(=O)OCC1c2ccccc2-c2ccccc21. The second kappa shape index (κ2) is 9.86. The number of carbonyl (C=O) groups excluding carboxylic acids is 1. The lowest BCUT2D eigenvalue weighted by molar-refractivity contribution is 0.148. The third kappa shape index (κ3) is 4.84. The summed E-state index contributed by atoms with van der Waals surface area (Å²) in [4.78, 5) is 12.9. The quantitative estimate of drug-likeness (QED) is 0.492. The first-order valence-electron chi connectivity index (χ1n) is 10.6. The molecule has 5 heteroatoms. The van der Waals surface area contributed by atoms with Crippen LogP contribution in [0.3, 0.4) is 0 Å².